The summed E-state index contributed by atoms with van der Waals surface area (Å²) in [7, 11) is 0. The molecule has 1 saturated heterocycles. The monoisotopic (exact) mass is 274 g/mol. The molecule has 1 aliphatic heterocycles. The summed E-state index contributed by atoms with van der Waals surface area (Å²) in [5, 5.41) is 3.23. The van der Waals surface area contributed by atoms with Gasteiger partial charge in [-0.05, 0) is 34.7 Å². The van der Waals surface area contributed by atoms with Gasteiger partial charge in [-0.3, -0.25) is 0 Å². The van der Waals surface area contributed by atoms with Crippen LogP contribution in [0.5, 0.6) is 0 Å². The standard InChI is InChI=1S/C10H15BrN2S/c1-7(2)8-4-3-5-13(8)10-12-9(11)6-14-10/h6-8H,3-5H2,1-2H3. The second-order valence-corrected chi connectivity index (χ2v) is 5.75. The molecule has 0 saturated carbocycles. The molecule has 0 N–H and O–H groups in total. The molecule has 2 nitrogen and oxygen atoms in total. The SMILES string of the molecule is CC(C)C1CCCN1c1nc(Br)cs1. The first kappa shape index (κ1) is 10.4. The molecule has 0 spiro atoms. The lowest BCUT2D eigenvalue weighted by Gasteiger charge is -2.26. The van der Waals surface area contributed by atoms with Crippen LogP contribution in [0, 0.1) is 5.92 Å². The van der Waals surface area contributed by atoms with Crippen LogP contribution in [0.3, 0.4) is 0 Å². The van der Waals surface area contributed by atoms with Crippen LogP contribution in [0.15, 0.2) is 9.98 Å². The van der Waals surface area contributed by atoms with Crippen LogP contribution < -0.4 is 4.90 Å². The van der Waals surface area contributed by atoms with Gasteiger partial charge >= 0.3 is 0 Å². The van der Waals surface area contributed by atoms with Crippen LogP contribution in [0.2, 0.25) is 0 Å². The van der Waals surface area contributed by atoms with Crippen LogP contribution in [0.25, 0.3) is 0 Å². The lowest BCUT2D eigenvalue weighted by molar-refractivity contribution is 0.491. The molecule has 2 heterocycles. The van der Waals surface area contributed by atoms with Gasteiger partial charge < -0.3 is 4.90 Å². The number of nitrogens with zero attached hydrogens (tertiary/aromatic N) is 2. The van der Waals surface area contributed by atoms with Crippen molar-refractivity contribution in [1.82, 2.24) is 4.98 Å². The maximum atomic E-state index is 4.49. The zero-order valence-corrected chi connectivity index (χ0v) is 10.9. The van der Waals surface area contributed by atoms with E-state index in [9.17, 15) is 0 Å². The fraction of sp³-hybridized carbons (Fsp3) is 0.700. The summed E-state index contributed by atoms with van der Waals surface area (Å²) >= 11 is 5.14. The number of hydrogen-bond acceptors (Lipinski definition) is 3. The lowest BCUT2D eigenvalue weighted by Crippen LogP contribution is -2.33. The van der Waals surface area contributed by atoms with E-state index in [4.69, 9.17) is 0 Å². The van der Waals surface area contributed by atoms with E-state index in [1.165, 1.54) is 24.5 Å². The zero-order chi connectivity index (χ0) is 10.1. The molecule has 0 aliphatic carbocycles. The normalized spacial score (nSPS) is 22.3. The molecule has 1 aliphatic rings. The minimum Gasteiger partial charge on any atom is -0.345 e. The Hall–Kier alpha value is -0.0900. The van der Waals surface area contributed by atoms with Gasteiger partial charge in [0.1, 0.15) is 4.60 Å². The molecule has 14 heavy (non-hydrogen) atoms. The summed E-state index contributed by atoms with van der Waals surface area (Å²) < 4.78 is 0.965. The minimum atomic E-state index is 0.688. The number of hydrogen-bond donors (Lipinski definition) is 0. The van der Waals surface area contributed by atoms with Crippen molar-refractivity contribution >= 4 is 32.4 Å². The Morgan fingerprint density at radius 1 is 1.64 bits per heavy atom. The minimum absolute atomic E-state index is 0.688. The van der Waals surface area contributed by atoms with Crippen molar-refractivity contribution in [3.63, 3.8) is 0 Å². The van der Waals surface area contributed by atoms with Gasteiger partial charge in [0.25, 0.3) is 0 Å². The molecule has 0 aromatic carbocycles. The van der Waals surface area contributed by atoms with Crippen molar-refractivity contribution in [3.8, 4) is 0 Å². The van der Waals surface area contributed by atoms with Crippen molar-refractivity contribution in [2.24, 2.45) is 5.92 Å². The largest absolute Gasteiger partial charge is 0.345 e. The van der Waals surface area contributed by atoms with Crippen LogP contribution in [-0.2, 0) is 0 Å². The van der Waals surface area contributed by atoms with Gasteiger partial charge in [-0.2, -0.15) is 0 Å². The topological polar surface area (TPSA) is 16.1 Å². The molecule has 1 fully saturated rings. The Bertz CT molecular complexity index is 311. The Balaban J connectivity index is 2.17. The zero-order valence-electron chi connectivity index (χ0n) is 8.53. The summed E-state index contributed by atoms with van der Waals surface area (Å²) in [4.78, 5) is 6.94. The predicted octanol–water partition coefficient (Wildman–Crippen LogP) is 3.53. The smallest absolute Gasteiger partial charge is 0.186 e. The average molecular weight is 275 g/mol. The third-order valence-corrected chi connectivity index (χ3v) is 4.37. The van der Waals surface area contributed by atoms with Crippen molar-refractivity contribution in [3.05, 3.63) is 9.98 Å². The Labute approximate surface area is 97.5 Å². The molecule has 2 rings (SSSR count). The van der Waals surface area contributed by atoms with Crippen molar-refractivity contribution < 1.29 is 0 Å². The van der Waals surface area contributed by atoms with Gasteiger partial charge in [-0.1, -0.05) is 13.8 Å². The highest BCUT2D eigenvalue weighted by molar-refractivity contribution is 9.10. The third kappa shape index (κ3) is 1.96. The van der Waals surface area contributed by atoms with Crippen LogP contribution in [-0.4, -0.2) is 17.6 Å². The van der Waals surface area contributed by atoms with Crippen LogP contribution >= 0.6 is 27.3 Å². The van der Waals surface area contributed by atoms with Gasteiger partial charge in [0, 0.05) is 18.0 Å². The van der Waals surface area contributed by atoms with E-state index in [0.29, 0.717) is 6.04 Å². The lowest BCUT2D eigenvalue weighted by atomic mass is 10.0. The fourth-order valence-corrected chi connectivity index (χ4v) is 3.43. The molecule has 0 bridgehead atoms. The molecule has 1 aromatic heterocycles. The summed E-state index contributed by atoms with van der Waals surface area (Å²) in [5.74, 6) is 0.722. The maximum Gasteiger partial charge on any atom is 0.186 e. The second-order valence-electron chi connectivity index (χ2n) is 4.10. The first-order valence-electron chi connectivity index (χ1n) is 5.06. The Kier molecular flexibility index (Phi) is 3.12. The van der Waals surface area contributed by atoms with Crippen LogP contribution in [0.1, 0.15) is 26.7 Å². The van der Waals surface area contributed by atoms with Gasteiger partial charge in [0.05, 0.1) is 0 Å². The Morgan fingerprint density at radius 2 is 2.43 bits per heavy atom. The van der Waals surface area contributed by atoms with Crippen molar-refractivity contribution in [1.29, 1.82) is 0 Å². The van der Waals surface area contributed by atoms with E-state index in [1.807, 2.05) is 0 Å². The highest BCUT2D eigenvalue weighted by Crippen LogP contribution is 2.32. The number of halogens is 1. The summed E-state index contributed by atoms with van der Waals surface area (Å²) in [6.07, 6.45) is 2.62. The summed E-state index contributed by atoms with van der Waals surface area (Å²) in [6, 6.07) is 0.688. The maximum absolute atomic E-state index is 4.49. The second kappa shape index (κ2) is 4.19. The van der Waals surface area contributed by atoms with Gasteiger partial charge in [-0.15, -0.1) is 11.3 Å². The highest BCUT2D eigenvalue weighted by Gasteiger charge is 2.28. The van der Waals surface area contributed by atoms with Gasteiger partial charge in [-0.25, -0.2) is 4.98 Å². The summed E-state index contributed by atoms with van der Waals surface area (Å²) in [6.45, 7) is 5.76. The molecular weight excluding hydrogens is 260 g/mol. The van der Waals surface area contributed by atoms with E-state index in [-0.39, 0.29) is 0 Å². The molecule has 4 heteroatoms. The van der Waals surface area contributed by atoms with Crippen LogP contribution in [0.4, 0.5) is 5.13 Å². The molecular formula is C10H15BrN2S. The van der Waals surface area contributed by atoms with Crippen molar-refractivity contribution in [2.45, 2.75) is 32.7 Å². The predicted molar refractivity (Wildman–Crippen MR) is 65.0 cm³/mol. The molecule has 0 amide bonds. The van der Waals surface area contributed by atoms with E-state index in [0.717, 1.165) is 10.5 Å². The fourth-order valence-electron chi connectivity index (χ4n) is 2.10. The van der Waals surface area contributed by atoms with E-state index in [1.54, 1.807) is 11.3 Å². The van der Waals surface area contributed by atoms with E-state index >= 15 is 0 Å². The first-order chi connectivity index (χ1) is 6.68. The van der Waals surface area contributed by atoms with Gasteiger partial charge in [0.15, 0.2) is 5.13 Å². The van der Waals surface area contributed by atoms with Crippen molar-refractivity contribution in [2.75, 3.05) is 11.4 Å². The number of thiazole rings is 1. The Morgan fingerprint density at radius 3 is 3.00 bits per heavy atom. The highest BCUT2D eigenvalue weighted by atomic mass is 79.9. The average Bonchev–Trinajstić information content (AvgIpc) is 2.70. The van der Waals surface area contributed by atoms with E-state index in [2.05, 4.69) is 45.0 Å². The number of anilines is 1. The summed E-state index contributed by atoms with van der Waals surface area (Å²) in [5.41, 5.74) is 0. The number of rotatable bonds is 2. The third-order valence-electron chi connectivity index (χ3n) is 2.78. The molecule has 1 unspecified atom stereocenters. The van der Waals surface area contributed by atoms with E-state index < -0.39 is 0 Å². The molecule has 1 aromatic rings. The molecule has 1 atom stereocenters. The molecule has 78 valence electrons. The number of aromatic nitrogens is 1. The molecule has 0 radical (unpaired) electrons. The van der Waals surface area contributed by atoms with Gasteiger partial charge in [0.2, 0.25) is 0 Å². The first-order valence-corrected chi connectivity index (χ1v) is 6.73. The quantitative estimate of drug-likeness (QED) is 0.820.